The second-order valence-electron chi connectivity index (χ2n) is 10.6. The molecule has 11 nitrogen and oxygen atoms in total. The third-order valence-corrected chi connectivity index (χ3v) is 9.15. The van der Waals surface area contributed by atoms with Crippen LogP contribution in [-0.2, 0) is 11.3 Å². The third-order valence-electron chi connectivity index (χ3n) is 7.99. The van der Waals surface area contributed by atoms with Gasteiger partial charge in [-0.2, -0.15) is 10.2 Å². The number of pyridine rings is 1. The maximum absolute atomic E-state index is 13.3. The molecule has 0 radical (unpaired) electrons. The Hall–Kier alpha value is -3.61. The molecule has 0 aromatic carbocycles. The summed E-state index contributed by atoms with van der Waals surface area (Å²) in [7, 11) is 1.66. The van der Waals surface area contributed by atoms with Crippen LogP contribution < -0.4 is 10.6 Å². The fraction of sp³-hybridized carbons (Fsp3) is 0.464. The van der Waals surface area contributed by atoms with Gasteiger partial charge >= 0.3 is 0 Å². The Balaban J connectivity index is 1.10. The quantitative estimate of drug-likeness (QED) is 0.304. The lowest BCUT2D eigenvalue weighted by Crippen LogP contribution is -2.50. The van der Waals surface area contributed by atoms with E-state index in [-0.39, 0.29) is 11.8 Å². The van der Waals surface area contributed by atoms with Gasteiger partial charge in [0.15, 0.2) is 0 Å². The molecule has 2 amide bonds. The van der Waals surface area contributed by atoms with Gasteiger partial charge in [0.05, 0.1) is 52.9 Å². The molecule has 210 valence electrons. The van der Waals surface area contributed by atoms with Gasteiger partial charge < -0.3 is 15.4 Å². The van der Waals surface area contributed by atoms with Crippen LogP contribution in [0.25, 0.3) is 15.3 Å². The topological polar surface area (TPSA) is 119 Å². The molecular formula is C28H34N8O3S. The first-order chi connectivity index (χ1) is 19.5. The molecule has 2 bridgehead atoms. The van der Waals surface area contributed by atoms with Crippen LogP contribution in [0.3, 0.4) is 0 Å². The number of hydrogen-bond acceptors (Lipinski definition) is 8. The van der Waals surface area contributed by atoms with E-state index in [1.807, 2.05) is 17.1 Å². The van der Waals surface area contributed by atoms with E-state index in [1.165, 1.54) is 37.0 Å². The highest BCUT2D eigenvalue weighted by atomic mass is 32.1. The van der Waals surface area contributed by atoms with Gasteiger partial charge in [-0.05, 0) is 44.6 Å². The summed E-state index contributed by atoms with van der Waals surface area (Å²) in [6.45, 7) is 5.66. The number of rotatable bonds is 10. The minimum absolute atomic E-state index is 0.188. The molecule has 3 fully saturated rings. The average molecular weight is 563 g/mol. The Labute approximate surface area is 236 Å². The number of thiazole rings is 1. The summed E-state index contributed by atoms with van der Waals surface area (Å²) >= 11 is 1.47. The van der Waals surface area contributed by atoms with Crippen molar-refractivity contribution in [2.75, 3.05) is 38.7 Å². The Morgan fingerprint density at radius 1 is 1.07 bits per heavy atom. The molecule has 6 heterocycles. The lowest BCUT2D eigenvalue weighted by atomic mass is 9.80. The summed E-state index contributed by atoms with van der Waals surface area (Å²) in [5.41, 5.74) is 2.96. The zero-order valence-electron chi connectivity index (χ0n) is 22.8. The van der Waals surface area contributed by atoms with E-state index in [0.717, 1.165) is 34.3 Å². The van der Waals surface area contributed by atoms with E-state index in [1.54, 1.807) is 43.2 Å². The molecule has 40 heavy (non-hydrogen) atoms. The van der Waals surface area contributed by atoms with Crippen LogP contribution in [0.1, 0.15) is 52.1 Å². The van der Waals surface area contributed by atoms with Crippen molar-refractivity contribution in [3.8, 4) is 10.4 Å². The standard InChI is InChI=1S/C28H34N8O3S/c1-18-24(11-20(12-30-18)26(37)29-7-8-34-15-19-3-5-22(34)6-4-19)33-27(38)23-14-32-36-17-25(40-28(23)36)21-13-31-35(16-21)9-10-39-2/h11-14,16-17,19,22H,3-10,15H2,1-2H3,(H,29,37)(H,33,38). The Bertz CT molecular complexity index is 1520. The van der Waals surface area contributed by atoms with Crippen LogP contribution in [0, 0.1) is 12.8 Å². The first kappa shape index (κ1) is 26.6. The molecule has 0 atom stereocenters. The van der Waals surface area contributed by atoms with Crippen LogP contribution >= 0.6 is 11.3 Å². The number of amides is 2. The van der Waals surface area contributed by atoms with Gasteiger partial charge in [-0.3, -0.25) is 24.2 Å². The van der Waals surface area contributed by atoms with E-state index in [2.05, 4.69) is 30.7 Å². The summed E-state index contributed by atoms with van der Waals surface area (Å²) < 4.78 is 8.64. The molecule has 12 heteroatoms. The number of carbonyl (C=O) groups is 2. The van der Waals surface area contributed by atoms with E-state index >= 15 is 0 Å². The van der Waals surface area contributed by atoms with Crippen molar-refractivity contribution in [1.82, 2.24) is 34.6 Å². The van der Waals surface area contributed by atoms with Gasteiger partial charge in [-0.25, -0.2) is 4.52 Å². The minimum atomic E-state index is -0.304. The van der Waals surface area contributed by atoms with Crippen LogP contribution in [-0.4, -0.2) is 80.5 Å². The van der Waals surface area contributed by atoms with Gasteiger partial charge in [0.1, 0.15) is 4.83 Å². The normalized spacial score (nSPS) is 18.9. The highest BCUT2D eigenvalue weighted by molar-refractivity contribution is 7.21. The van der Waals surface area contributed by atoms with E-state index in [4.69, 9.17) is 4.74 Å². The van der Waals surface area contributed by atoms with Crippen LogP contribution in [0.2, 0.25) is 0 Å². The highest BCUT2D eigenvalue weighted by Crippen LogP contribution is 2.34. The number of aryl methyl sites for hydroxylation is 1. The van der Waals surface area contributed by atoms with Crippen molar-refractivity contribution < 1.29 is 14.3 Å². The summed E-state index contributed by atoms with van der Waals surface area (Å²) in [4.78, 5) is 34.7. The molecule has 7 rings (SSSR count). The number of carbonyl (C=O) groups excluding carboxylic acids is 2. The predicted molar refractivity (Wildman–Crippen MR) is 153 cm³/mol. The van der Waals surface area contributed by atoms with Crippen molar-refractivity contribution in [2.24, 2.45) is 5.92 Å². The largest absolute Gasteiger partial charge is 0.383 e. The van der Waals surface area contributed by atoms with Crippen LogP contribution in [0.4, 0.5) is 5.69 Å². The summed E-state index contributed by atoms with van der Waals surface area (Å²) in [5, 5.41) is 14.7. The van der Waals surface area contributed by atoms with Gasteiger partial charge in [0, 0.05) is 56.9 Å². The number of nitrogens with one attached hydrogen (secondary N) is 2. The molecule has 0 spiro atoms. The summed E-state index contributed by atoms with van der Waals surface area (Å²) in [6.07, 6.45) is 14.0. The first-order valence-electron chi connectivity index (χ1n) is 13.8. The molecule has 0 unspecified atom stereocenters. The summed E-state index contributed by atoms with van der Waals surface area (Å²) in [6, 6.07) is 2.35. The summed E-state index contributed by atoms with van der Waals surface area (Å²) in [5.74, 6) is 0.324. The van der Waals surface area contributed by atoms with Crippen molar-refractivity contribution in [2.45, 2.75) is 45.2 Å². The van der Waals surface area contributed by atoms with E-state index < -0.39 is 0 Å². The molecule has 1 aliphatic carbocycles. The molecule has 1 saturated carbocycles. The van der Waals surface area contributed by atoms with E-state index in [0.29, 0.717) is 48.2 Å². The molecule has 3 aliphatic rings. The second-order valence-corrected chi connectivity index (χ2v) is 11.7. The average Bonchev–Trinajstić information content (AvgIpc) is 3.70. The number of ether oxygens (including phenoxy) is 1. The van der Waals surface area contributed by atoms with Crippen LogP contribution in [0.5, 0.6) is 0 Å². The van der Waals surface area contributed by atoms with E-state index in [9.17, 15) is 9.59 Å². The monoisotopic (exact) mass is 562 g/mol. The molecular weight excluding hydrogens is 528 g/mol. The molecule has 2 N–H and O–H groups in total. The number of nitrogens with zero attached hydrogens (tertiary/aromatic N) is 6. The SMILES string of the molecule is COCCn1cc(-c2cn3ncc(C(=O)Nc4cc(C(=O)NCCN5CC6CCC5CC6)cnc4C)c3s2)cn1. The van der Waals surface area contributed by atoms with Crippen molar-refractivity contribution in [1.29, 1.82) is 0 Å². The zero-order valence-corrected chi connectivity index (χ0v) is 23.6. The number of anilines is 1. The molecule has 2 aliphatic heterocycles. The van der Waals surface area contributed by atoms with Gasteiger partial charge in [-0.15, -0.1) is 11.3 Å². The first-order valence-corrected chi connectivity index (χ1v) is 14.6. The number of piperidine rings is 2. The van der Waals surface area contributed by atoms with Crippen molar-refractivity contribution in [3.05, 3.63) is 53.9 Å². The smallest absolute Gasteiger partial charge is 0.260 e. The fourth-order valence-corrected chi connectivity index (χ4v) is 6.74. The Morgan fingerprint density at radius 2 is 1.93 bits per heavy atom. The Morgan fingerprint density at radius 3 is 2.70 bits per heavy atom. The number of methoxy groups -OCH3 is 1. The molecule has 4 aromatic heterocycles. The second kappa shape index (κ2) is 11.5. The van der Waals surface area contributed by atoms with Crippen molar-refractivity contribution >= 4 is 33.7 Å². The van der Waals surface area contributed by atoms with Crippen molar-refractivity contribution in [3.63, 3.8) is 0 Å². The molecule has 4 aromatic rings. The maximum Gasteiger partial charge on any atom is 0.260 e. The highest BCUT2D eigenvalue weighted by Gasteiger charge is 2.33. The van der Waals surface area contributed by atoms with Gasteiger partial charge in [0.2, 0.25) is 0 Å². The fourth-order valence-electron chi connectivity index (χ4n) is 5.71. The number of hydrogen-bond donors (Lipinski definition) is 2. The number of aromatic nitrogens is 5. The lowest BCUT2D eigenvalue weighted by Gasteiger charge is -2.45. The van der Waals surface area contributed by atoms with Gasteiger partial charge in [0.25, 0.3) is 11.8 Å². The Kier molecular flexibility index (Phi) is 7.63. The third kappa shape index (κ3) is 5.51. The lowest BCUT2D eigenvalue weighted by molar-refractivity contribution is 0.0494. The number of fused-ring (bicyclic) bond motifs is 4. The molecule has 2 saturated heterocycles. The van der Waals surface area contributed by atoms with Crippen LogP contribution in [0.15, 0.2) is 37.1 Å². The van der Waals surface area contributed by atoms with Gasteiger partial charge in [-0.1, -0.05) is 0 Å². The minimum Gasteiger partial charge on any atom is -0.383 e. The zero-order chi connectivity index (χ0) is 27.6. The predicted octanol–water partition coefficient (Wildman–Crippen LogP) is 3.47. The maximum atomic E-state index is 13.3.